The van der Waals surface area contributed by atoms with Gasteiger partial charge in [0.2, 0.25) is 0 Å². The van der Waals surface area contributed by atoms with Crippen LogP contribution < -0.4 is 9.64 Å². The molecule has 18 heavy (non-hydrogen) atoms. The number of benzene rings is 1. The second-order valence-electron chi connectivity index (χ2n) is 4.50. The van der Waals surface area contributed by atoms with E-state index in [1.165, 1.54) is 12.8 Å². The first kappa shape index (κ1) is 13.1. The lowest BCUT2D eigenvalue weighted by molar-refractivity contribution is 0.170. The van der Waals surface area contributed by atoms with Gasteiger partial charge in [-0.2, -0.15) is 0 Å². The van der Waals surface area contributed by atoms with Gasteiger partial charge in [0, 0.05) is 45.0 Å². The van der Waals surface area contributed by atoms with E-state index in [1.807, 2.05) is 6.07 Å². The average Bonchev–Trinajstić information content (AvgIpc) is 2.90. The highest BCUT2D eigenvalue weighted by molar-refractivity contribution is 5.50. The van der Waals surface area contributed by atoms with Crippen LogP contribution in [0.15, 0.2) is 18.2 Å². The van der Waals surface area contributed by atoms with E-state index in [9.17, 15) is 4.39 Å². The third kappa shape index (κ3) is 3.35. The lowest BCUT2D eigenvalue weighted by Crippen LogP contribution is -2.17. The Labute approximate surface area is 107 Å². The number of hydrogen-bond acceptors (Lipinski definition) is 3. The van der Waals surface area contributed by atoms with Gasteiger partial charge in [0.1, 0.15) is 0 Å². The molecule has 0 aliphatic carbocycles. The molecule has 1 heterocycles. The minimum absolute atomic E-state index is 0.281. The molecule has 0 aromatic heterocycles. The predicted molar refractivity (Wildman–Crippen MR) is 69.8 cm³/mol. The van der Waals surface area contributed by atoms with E-state index in [1.54, 1.807) is 19.2 Å². The molecule has 4 heteroatoms. The van der Waals surface area contributed by atoms with E-state index in [0.29, 0.717) is 19.0 Å². The van der Waals surface area contributed by atoms with E-state index >= 15 is 0 Å². The van der Waals surface area contributed by atoms with Crippen LogP contribution in [0.4, 0.5) is 10.1 Å². The molecule has 1 fully saturated rings. The van der Waals surface area contributed by atoms with Gasteiger partial charge in [-0.1, -0.05) is 0 Å². The standard InChI is InChI=1S/C14H20FNO2/c1-17-9-4-10-18-14-6-5-12(11-13(14)15)16-7-2-3-8-16/h5-6,11H,2-4,7-10H2,1H3. The van der Waals surface area contributed by atoms with Crippen molar-refractivity contribution in [2.24, 2.45) is 0 Å². The maximum Gasteiger partial charge on any atom is 0.167 e. The fourth-order valence-corrected chi connectivity index (χ4v) is 2.16. The lowest BCUT2D eigenvalue weighted by atomic mass is 10.2. The lowest BCUT2D eigenvalue weighted by Gasteiger charge is -2.18. The molecule has 0 amide bonds. The van der Waals surface area contributed by atoms with Gasteiger partial charge < -0.3 is 14.4 Å². The Kier molecular flexibility index (Phi) is 4.81. The molecule has 1 aromatic rings. The maximum absolute atomic E-state index is 13.8. The summed E-state index contributed by atoms with van der Waals surface area (Å²) in [5.74, 6) is 0.0471. The van der Waals surface area contributed by atoms with Crippen LogP contribution in [-0.4, -0.2) is 33.4 Å². The van der Waals surface area contributed by atoms with Crippen LogP contribution in [0.1, 0.15) is 19.3 Å². The van der Waals surface area contributed by atoms with Crippen molar-refractivity contribution in [3.8, 4) is 5.75 Å². The normalized spacial score (nSPS) is 15.1. The van der Waals surface area contributed by atoms with Crippen molar-refractivity contribution in [2.75, 3.05) is 38.3 Å². The topological polar surface area (TPSA) is 21.7 Å². The summed E-state index contributed by atoms with van der Waals surface area (Å²) >= 11 is 0. The first-order valence-corrected chi connectivity index (χ1v) is 6.47. The SMILES string of the molecule is COCCCOc1ccc(N2CCCC2)cc1F. The van der Waals surface area contributed by atoms with Crippen LogP contribution in [0.25, 0.3) is 0 Å². The quantitative estimate of drug-likeness (QED) is 0.728. The second kappa shape index (κ2) is 6.59. The number of rotatable bonds is 6. The minimum atomic E-state index is -0.281. The molecule has 0 bridgehead atoms. The first-order chi connectivity index (χ1) is 8.81. The van der Waals surface area contributed by atoms with Gasteiger partial charge in [-0.25, -0.2) is 4.39 Å². The molecule has 100 valence electrons. The second-order valence-corrected chi connectivity index (χ2v) is 4.50. The molecule has 0 spiro atoms. The van der Waals surface area contributed by atoms with Crippen molar-refractivity contribution in [1.29, 1.82) is 0 Å². The number of halogens is 1. The van der Waals surface area contributed by atoms with Crippen molar-refractivity contribution < 1.29 is 13.9 Å². The van der Waals surface area contributed by atoms with Crippen LogP contribution >= 0.6 is 0 Å². The van der Waals surface area contributed by atoms with Gasteiger partial charge >= 0.3 is 0 Å². The predicted octanol–water partition coefficient (Wildman–Crippen LogP) is 2.84. The van der Waals surface area contributed by atoms with Crippen molar-refractivity contribution in [3.05, 3.63) is 24.0 Å². The van der Waals surface area contributed by atoms with Gasteiger partial charge in [-0.3, -0.25) is 0 Å². The molecule has 0 atom stereocenters. The molecule has 0 radical (unpaired) electrons. The Morgan fingerprint density at radius 3 is 2.67 bits per heavy atom. The molecule has 3 nitrogen and oxygen atoms in total. The van der Waals surface area contributed by atoms with Crippen LogP contribution in [0.5, 0.6) is 5.75 Å². The van der Waals surface area contributed by atoms with Gasteiger partial charge in [-0.05, 0) is 25.0 Å². The molecule has 1 aliphatic heterocycles. The highest BCUT2D eigenvalue weighted by Crippen LogP contribution is 2.26. The highest BCUT2D eigenvalue weighted by Gasteiger charge is 2.14. The molecule has 0 unspecified atom stereocenters. The first-order valence-electron chi connectivity index (χ1n) is 6.47. The Morgan fingerprint density at radius 2 is 2.00 bits per heavy atom. The van der Waals surface area contributed by atoms with Gasteiger partial charge in [0.15, 0.2) is 11.6 Å². The molecule has 1 aliphatic rings. The van der Waals surface area contributed by atoms with E-state index in [2.05, 4.69) is 4.90 Å². The van der Waals surface area contributed by atoms with E-state index in [-0.39, 0.29) is 5.82 Å². The number of nitrogens with zero attached hydrogens (tertiary/aromatic N) is 1. The van der Waals surface area contributed by atoms with Crippen LogP contribution in [0.2, 0.25) is 0 Å². The average molecular weight is 253 g/mol. The van der Waals surface area contributed by atoms with E-state index in [4.69, 9.17) is 9.47 Å². The smallest absolute Gasteiger partial charge is 0.167 e. The van der Waals surface area contributed by atoms with Gasteiger partial charge in [0.05, 0.1) is 6.61 Å². The molecular weight excluding hydrogens is 233 g/mol. The number of anilines is 1. The molecule has 2 rings (SSSR count). The van der Waals surface area contributed by atoms with Crippen LogP contribution in [-0.2, 0) is 4.74 Å². The Morgan fingerprint density at radius 1 is 1.22 bits per heavy atom. The molecular formula is C14H20FNO2. The Balaban J connectivity index is 1.92. The molecule has 0 N–H and O–H groups in total. The highest BCUT2D eigenvalue weighted by atomic mass is 19.1. The van der Waals surface area contributed by atoms with Crippen LogP contribution in [0.3, 0.4) is 0 Å². The zero-order chi connectivity index (χ0) is 12.8. The molecule has 1 saturated heterocycles. The monoisotopic (exact) mass is 253 g/mol. The largest absolute Gasteiger partial charge is 0.490 e. The van der Waals surface area contributed by atoms with Gasteiger partial charge in [-0.15, -0.1) is 0 Å². The maximum atomic E-state index is 13.8. The summed E-state index contributed by atoms with van der Waals surface area (Å²) in [5, 5.41) is 0. The fourth-order valence-electron chi connectivity index (χ4n) is 2.16. The summed E-state index contributed by atoms with van der Waals surface area (Å²) < 4.78 is 24.1. The van der Waals surface area contributed by atoms with E-state index in [0.717, 1.165) is 25.2 Å². The molecule has 0 saturated carbocycles. The summed E-state index contributed by atoms with van der Waals surface area (Å²) in [6.07, 6.45) is 3.15. The minimum Gasteiger partial charge on any atom is -0.490 e. The number of hydrogen-bond donors (Lipinski definition) is 0. The summed E-state index contributed by atoms with van der Waals surface area (Å²) in [6, 6.07) is 5.22. The van der Waals surface area contributed by atoms with Crippen LogP contribution in [0, 0.1) is 5.82 Å². The van der Waals surface area contributed by atoms with Crippen molar-refractivity contribution in [2.45, 2.75) is 19.3 Å². The molecule has 1 aromatic carbocycles. The Hall–Kier alpha value is -1.29. The third-order valence-corrected chi connectivity index (χ3v) is 3.14. The van der Waals surface area contributed by atoms with Crippen molar-refractivity contribution >= 4 is 5.69 Å². The van der Waals surface area contributed by atoms with Crippen molar-refractivity contribution in [1.82, 2.24) is 0 Å². The summed E-state index contributed by atoms with van der Waals surface area (Å²) in [7, 11) is 1.64. The number of ether oxygens (including phenoxy) is 2. The Bertz CT molecular complexity index is 378. The fraction of sp³-hybridized carbons (Fsp3) is 0.571. The summed E-state index contributed by atoms with van der Waals surface area (Å²) in [4.78, 5) is 2.21. The van der Waals surface area contributed by atoms with Gasteiger partial charge in [0.25, 0.3) is 0 Å². The van der Waals surface area contributed by atoms with Crippen molar-refractivity contribution in [3.63, 3.8) is 0 Å². The third-order valence-electron chi connectivity index (χ3n) is 3.14. The number of methoxy groups -OCH3 is 1. The zero-order valence-electron chi connectivity index (χ0n) is 10.8. The zero-order valence-corrected chi connectivity index (χ0v) is 10.8. The summed E-state index contributed by atoms with van der Waals surface area (Å²) in [5.41, 5.74) is 0.953. The summed E-state index contributed by atoms with van der Waals surface area (Å²) in [6.45, 7) is 3.16. The van der Waals surface area contributed by atoms with E-state index < -0.39 is 0 Å².